The van der Waals surface area contributed by atoms with E-state index in [2.05, 4.69) is 10.6 Å². The standard InChI is InChI=1S/C17H31N3O4/c1-2-14(18-9-13-10-20(11-13)17(23)24)15(21)16(22)19-8-12-6-4-3-5-7-12/h12-15,18,21H,2-11H2,1H3,(H,19,22)(H,23,24). The zero-order valence-corrected chi connectivity index (χ0v) is 14.5. The number of amides is 2. The Kier molecular flexibility index (Phi) is 7.30. The number of nitrogens with one attached hydrogen (secondary N) is 2. The second kappa shape index (κ2) is 9.22. The molecule has 2 rings (SSSR count). The number of hydrogen-bond donors (Lipinski definition) is 4. The molecule has 0 aromatic carbocycles. The van der Waals surface area contributed by atoms with Gasteiger partial charge in [0, 0.05) is 38.1 Å². The topological polar surface area (TPSA) is 102 Å². The molecule has 0 aromatic rings. The highest BCUT2D eigenvalue weighted by molar-refractivity contribution is 5.81. The molecule has 2 atom stereocenters. The summed E-state index contributed by atoms with van der Waals surface area (Å²) in [4.78, 5) is 24.3. The van der Waals surface area contributed by atoms with Gasteiger partial charge < -0.3 is 25.7 Å². The fourth-order valence-electron chi connectivity index (χ4n) is 3.58. The Balaban J connectivity index is 1.67. The molecule has 7 heteroatoms. The molecule has 0 spiro atoms. The fourth-order valence-corrected chi connectivity index (χ4v) is 3.58. The van der Waals surface area contributed by atoms with Crippen LogP contribution < -0.4 is 10.6 Å². The van der Waals surface area contributed by atoms with Crippen LogP contribution in [0.2, 0.25) is 0 Å². The molecule has 2 unspecified atom stereocenters. The molecule has 24 heavy (non-hydrogen) atoms. The molecular formula is C17H31N3O4. The summed E-state index contributed by atoms with van der Waals surface area (Å²) < 4.78 is 0. The van der Waals surface area contributed by atoms with E-state index in [1.54, 1.807) is 0 Å². The summed E-state index contributed by atoms with van der Waals surface area (Å²) in [5.74, 6) is 0.494. The molecule has 1 saturated carbocycles. The molecule has 1 saturated heterocycles. The van der Waals surface area contributed by atoms with E-state index in [0.29, 0.717) is 38.5 Å². The van der Waals surface area contributed by atoms with Crippen molar-refractivity contribution in [1.82, 2.24) is 15.5 Å². The molecule has 1 aliphatic carbocycles. The number of rotatable bonds is 8. The van der Waals surface area contributed by atoms with Crippen LogP contribution in [0.3, 0.4) is 0 Å². The Labute approximate surface area is 143 Å². The number of aliphatic hydroxyl groups is 1. The first-order valence-electron chi connectivity index (χ1n) is 9.18. The lowest BCUT2D eigenvalue weighted by Crippen LogP contribution is -2.56. The van der Waals surface area contributed by atoms with E-state index in [9.17, 15) is 14.7 Å². The average Bonchev–Trinajstić information content (AvgIpc) is 2.54. The molecule has 0 radical (unpaired) electrons. The number of nitrogens with zero attached hydrogens (tertiary/aromatic N) is 1. The van der Waals surface area contributed by atoms with Crippen LogP contribution in [-0.4, -0.2) is 65.4 Å². The van der Waals surface area contributed by atoms with Gasteiger partial charge in [-0.2, -0.15) is 0 Å². The van der Waals surface area contributed by atoms with Crippen LogP contribution in [0.5, 0.6) is 0 Å². The first-order valence-corrected chi connectivity index (χ1v) is 9.18. The molecule has 7 nitrogen and oxygen atoms in total. The van der Waals surface area contributed by atoms with E-state index >= 15 is 0 Å². The third-order valence-corrected chi connectivity index (χ3v) is 5.28. The summed E-state index contributed by atoms with van der Waals surface area (Å²) in [6.45, 7) is 4.24. The van der Waals surface area contributed by atoms with Crippen molar-refractivity contribution < 1.29 is 19.8 Å². The Morgan fingerprint density at radius 1 is 1.12 bits per heavy atom. The Bertz CT molecular complexity index is 420. The minimum Gasteiger partial charge on any atom is -0.465 e. The van der Waals surface area contributed by atoms with Crippen LogP contribution in [0.1, 0.15) is 45.4 Å². The van der Waals surface area contributed by atoms with Crippen LogP contribution in [0.4, 0.5) is 4.79 Å². The van der Waals surface area contributed by atoms with Gasteiger partial charge in [0.15, 0.2) is 0 Å². The van der Waals surface area contributed by atoms with Crippen molar-refractivity contribution in [3.8, 4) is 0 Å². The zero-order chi connectivity index (χ0) is 17.5. The molecule has 4 N–H and O–H groups in total. The minimum absolute atomic E-state index is 0.257. The van der Waals surface area contributed by atoms with Gasteiger partial charge in [-0.15, -0.1) is 0 Å². The normalized spacial score (nSPS) is 21.8. The van der Waals surface area contributed by atoms with E-state index in [-0.39, 0.29) is 17.9 Å². The molecule has 2 aliphatic rings. The third kappa shape index (κ3) is 5.34. The van der Waals surface area contributed by atoms with Crippen molar-refractivity contribution in [3.63, 3.8) is 0 Å². The van der Waals surface area contributed by atoms with E-state index in [1.807, 2.05) is 6.92 Å². The smallest absolute Gasteiger partial charge is 0.407 e. The SMILES string of the molecule is CCC(NCC1CN(C(=O)O)C1)C(O)C(=O)NCC1CCCCC1. The summed E-state index contributed by atoms with van der Waals surface area (Å²) in [6, 6.07) is -0.296. The first-order chi connectivity index (χ1) is 11.5. The van der Waals surface area contributed by atoms with Crippen molar-refractivity contribution in [1.29, 1.82) is 0 Å². The van der Waals surface area contributed by atoms with Crippen LogP contribution in [0, 0.1) is 11.8 Å². The second-order valence-corrected chi connectivity index (χ2v) is 7.17. The van der Waals surface area contributed by atoms with Gasteiger partial charge in [0.05, 0.1) is 0 Å². The van der Waals surface area contributed by atoms with Crippen molar-refractivity contribution in [2.45, 2.75) is 57.6 Å². The van der Waals surface area contributed by atoms with Gasteiger partial charge in [-0.1, -0.05) is 26.2 Å². The van der Waals surface area contributed by atoms with Gasteiger partial charge >= 0.3 is 6.09 Å². The maximum atomic E-state index is 12.2. The second-order valence-electron chi connectivity index (χ2n) is 7.17. The quantitative estimate of drug-likeness (QED) is 0.528. The summed E-state index contributed by atoms with van der Waals surface area (Å²) in [5, 5.41) is 25.2. The van der Waals surface area contributed by atoms with Gasteiger partial charge in [-0.05, 0) is 25.2 Å². The monoisotopic (exact) mass is 341 g/mol. The molecule has 2 amide bonds. The zero-order valence-electron chi connectivity index (χ0n) is 14.5. The first kappa shape index (κ1) is 19.0. The lowest BCUT2D eigenvalue weighted by Gasteiger charge is -2.38. The molecule has 2 fully saturated rings. The number of aliphatic hydroxyl groups excluding tert-OH is 1. The lowest BCUT2D eigenvalue weighted by molar-refractivity contribution is -0.131. The van der Waals surface area contributed by atoms with E-state index in [0.717, 1.165) is 12.8 Å². The fraction of sp³-hybridized carbons (Fsp3) is 0.882. The van der Waals surface area contributed by atoms with E-state index in [1.165, 1.54) is 24.2 Å². The summed E-state index contributed by atoms with van der Waals surface area (Å²) >= 11 is 0. The van der Waals surface area contributed by atoms with Gasteiger partial charge in [0.2, 0.25) is 5.91 Å². The van der Waals surface area contributed by atoms with Gasteiger partial charge in [-0.3, -0.25) is 4.79 Å². The van der Waals surface area contributed by atoms with Crippen LogP contribution in [0.25, 0.3) is 0 Å². The molecular weight excluding hydrogens is 310 g/mol. The molecule has 1 aliphatic heterocycles. The van der Waals surface area contributed by atoms with Gasteiger partial charge in [-0.25, -0.2) is 4.79 Å². The number of hydrogen-bond acceptors (Lipinski definition) is 4. The minimum atomic E-state index is -1.06. The van der Waals surface area contributed by atoms with Crippen LogP contribution in [0.15, 0.2) is 0 Å². The van der Waals surface area contributed by atoms with Crippen molar-refractivity contribution in [3.05, 3.63) is 0 Å². The summed E-state index contributed by atoms with van der Waals surface area (Å²) in [6.07, 6.45) is 4.77. The molecule has 0 aromatic heterocycles. The summed E-state index contributed by atoms with van der Waals surface area (Å²) in [5.41, 5.74) is 0. The predicted molar refractivity (Wildman–Crippen MR) is 90.8 cm³/mol. The molecule has 1 heterocycles. The predicted octanol–water partition coefficient (Wildman–Crippen LogP) is 1.02. The summed E-state index contributed by atoms with van der Waals surface area (Å²) in [7, 11) is 0. The van der Waals surface area contributed by atoms with Crippen molar-refractivity contribution >= 4 is 12.0 Å². The number of carboxylic acid groups (broad SMARTS) is 1. The Morgan fingerprint density at radius 2 is 1.79 bits per heavy atom. The Hall–Kier alpha value is -1.34. The molecule has 0 bridgehead atoms. The van der Waals surface area contributed by atoms with Crippen LogP contribution in [-0.2, 0) is 4.79 Å². The highest BCUT2D eigenvalue weighted by Crippen LogP contribution is 2.22. The lowest BCUT2D eigenvalue weighted by atomic mass is 9.89. The highest BCUT2D eigenvalue weighted by Gasteiger charge is 2.32. The number of carbonyl (C=O) groups is 2. The van der Waals surface area contributed by atoms with Gasteiger partial charge in [0.25, 0.3) is 0 Å². The van der Waals surface area contributed by atoms with E-state index < -0.39 is 12.2 Å². The van der Waals surface area contributed by atoms with E-state index in [4.69, 9.17) is 5.11 Å². The van der Waals surface area contributed by atoms with Crippen molar-refractivity contribution in [2.75, 3.05) is 26.2 Å². The maximum Gasteiger partial charge on any atom is 0.407 e. The molecule has 138 valence electrons. The largest absolute Gasteiger partial charge is 0.465 e. The van der Waals surface area contributed by atoms with Gasteiger partial charge in [0.1, 0.15) is 6.10 Å². The average molecular weight is 341 g/mol. The Morgan fingerprint density at radius 3 is 2.38 bits per heavy atom. The maximum absolute atomic E-state index is 12.2. The number of likely N-dealkylation sites (tertiary alicyclic amines) is 1. The number of carbonyl (C=O) groups excluding carboxylic acids is 1. The van der Waals surface area contributed by atoms with Crippen LogP contribution >= 0.6 is 0 Å². The highest BCUT2D eigenvalue weighted by atomic mass is 16.4. The van der Waals surface area contributed by atoms with Crippen molar-refractivity contribution in [2.24, 2.45) is 11.8 Å². The third-order valence-electron chi connectivity index (χ3n) is 5.28.